The molecule has 1 N–H and O–H groups in total. The highest BCUT2D eigenvalue weighted by atomic mass is 32.2. The first-order chi connectivity index (χ1) is 13.6. The molecule has 0 fully saturated rings. The summed E-state index contributed by atoms with van der Waals surface area (Å²) < 4.78 is 1.89. The summed E-state index contributed by atoms with van der Waals surface area (Å²) in [5.41, 5.74) is 3.93. The zero-order valence-electron chi connectivity index (χ0n) is 15.7. The van der Waals surface area contributed by atoms with E-state index in [0.29, 0.717) is 15.7 Å². The van der Waals surface area contributed by atoms with Crippen LogP contribution in [0.15, 0.2) is 29.4 Å². The van der Waals surface area contributed by atoms with Gasteiger partial charge in [-0.2, -0.15) is 5.26 Å². The number of carbonyl (C=O) groups is 1. The molecule has 0 saturated heterocycles. The van der Waals surface area contributed by atoms with Crippen molar-refractivity contribution in [3.63, 3.8) is 0 Å². The molecule has 1 aliphatic carbocycles. The fraction of sp³-hybridized carbons (Fsp3) is 0.300. The summed E-state index contributed by atoms with van der Waals surface area (Å²) in [7, 11) is 1.90. The van der Waals surface area contributed by atoms with Crippen molar-refractivity contribution in [2.45, 2.75) is 31.3 Å². The number of rotatable bonds is 5. The Balaban J connectivity index is 1.42. The molecule has 1 aromatic carbocycles. The minimum atomic E-state index is -0.138. The third kappa shape index (κ3) is 3.55. The molecule has 8 heteroatoms. The molecule has 1 amide bonds. The first kappa shape index (κ1) is 18.7. The number of amides is 1. The van der Waals surface area contributed by atoms with Gasteiger partial charge in [-0.1, -0.05) is 41.6 Å². The number of hydrogen-bond donors (Lipinski definition) is 1. The first-order valence-electron chi connectivity index (χ1n) is 9.00. The number of fused-ring (bicyclic) bond motifs is 1. The Morgan fingerprint density at radius 1 is 1.32 bits per heavy atom. The summed E-state index contributed by atoms with van der Waals surface area (Å²) in [6.45, 7) is 2.04. The maximum absolute atomic E-state index is 12.4. The predicted molar refractivity (Wildman–Crippen MR) is 112 cm³/mol. The van der Waals surface area contributed by atoms with Crippen LogP contribution in [0.1, 0.15) is 28.0 Å². The summed E-state index contributed by atoms with van der Waals surface area (Å²) in [5.74, 6) is 0.846. The van der Waals surface area contributed by atoms with Gasteiger partial charge in [-0.05, 0) is 31.7 Å². The summed E-state index contributed by atoms with van der Waals surface area (Å²) in [4.78, 5) is 13.6. The Hall–Kier alpha value is -2.63. The molecule has 2 aromatic heterocycles. The number of anilines is 1. The SMILES string of the molecule is Cc1ccc(-c2nnc(SCC(=O)Nc3sc4c(c3C#N)CCC4)n2C)cc1. The van der Waals surface area contributed by atoms with Gasteiger partial charge in [-0.3, -0.25) is 4.79 Å². The van der Waals surface area contributed by atoms with Crippen LogP contribution in [0.2, 0.25) is 0 Å². The normalized spacial score (nSPS) is 12.6. The van der Waals surface area contributed by atoms with Crippen LogP contribution in [0.4, 0.5) is 5.00 Å². The van der Waals surface area contributed by atoms with Crippen LogP contribution in [0.5, 0.6) is 0 Å². The Kier molecular flexibility index (Phi) is 5.20. The average molecular weight is 410 g/mol. The van der Waals surface area contributed by atoms with Crippen LogP contribution in [0, 0.1) is 18.3 Å². The van der Waals surface area contributed by atoms with Gasteiger partial charge in [0.15, 0.2) is 11.0 Å². The van der Waals surface area contributed by atoms with E-state index >= 15 is 0 Å². The quantitative estimate of drug-likeness (QED) is 0.645. The largest absolute Gasteiger partial charge is 0.316 e. The van der Waals surface area contributed by atoms with Crippen molar-refractivity contribution in [2.75, 3.05) is 11.1 Å². The molecule has 0 saturated carbocycles. The number of nitrogens with one attached hydrogen (secondary N) is 1. The monoisotopic (exact) mass is 409 g/mol. The lowest BCUT2D eigenvalue weighted by Gasteiger charge is -2.05. The lowest BCUT2D eigenvalue weighted by molar-refractivity contribution is -0.113. The molecule has 0 spiro atoms. The molecule has 0 atom stereocenters. The summed E-state index contributed by atoms with van der Waals surface area (Å²) in [5, 5.41) is 22.2. The first-order valence-corrected chi connectivity index (χ1v) is 10.8. The second-order valence-electron chi connectivity index (χ2n) is 6.74. The number of thioether (sulfide) groups is 1. The molecule has 6 nitrogen and oxygen atoms in total. The number of nitriles is 1. The van der Waals surface area contributed by atoms with Crippen LogP contribution < -0.4 is 5.32 Å². The van der Waals surface area contributed by atoms with Crippen molar-refractivity contribution >= 4 is 34.0 Å². The van der Waals surface area contributed by atoms with Crippen molar-refractivity contribution in [1.82, 2.24) is 14.8 Å². The van der Waals surface area contributed by atoms with Crippen LogP contribution in [-0.4, -0.2) is 26.4 Å². The highest BCUT2D eigenvalue weighted by Crippen LogP contribution is 2.38. The fourth-order valence-electron chi connectivity index (χ4n) is 3.30. The van der Waals surface area contributed by atoms with E-state index in [1.807, 2.05) is 42.8 Å². The Labute approximate surface area is 171 Å². The zero-order chi connectivity index (χ0) is 19.7. The van der Waals surface area contributed by atoms with Crippen molar-refractivity contribution in [3.05, 3.63) is 45.8 Å². The van der Waals surface area contributed by atoms with E-state index < -0.39 is 0 Å². The van der Waals surface area contributed by atoms with E-state index in [2.05, 4.69) is 21.6 Å². The van der Waals surface area contributed by atoms with Crippen LogP contribution in [-0.2, 0) is 24.7 Å². The fourth-order valence-corrected chi connectivity index (χ4v) is 5.26. The number of aromatic nitrogens is 3. The van der Waals surface area contributed by atoms with E-state index in [4.69, 9.17) is 0 Å². The molecule has 0 bridgehead atoms. The van der Waals surface area contributed by atoms with Crippen molar-refractivity contribution in [3.8, 4) is 17.5 Å². The Bertz CT molecular complexity index is 1080. The van der Waals surface area contributed by atoms with Gasteiger partial charge in [0.25, 0.3) is 0 Å². The van der Waals surface area contributed by atoms with E-state index in [0.717, 1.165) is 36.2 Å². The number of thiophene rings is 1. The third-order valence-corrected chi connectivity index (χ3v) is 6.99. The average Bonchev–Trinajstić information content (AvgIpc) is 3.35. The maximum atomic E-state index is 12.4. The highest BCUT2D eigenvalue weighted by molar-refractivity contribution is 7.99. The van der Waals surface area contributed by atoms with Crippen LogP contribution in [0.3, 0.4) is 0 Å². The maximum Gasteiger partial charge on any atom is 0.235 e. The van der Waals surface area contributed by atoms with Crippen molar-refractivity contribution < 1.29 is 4.79 Å². The molecule has 3 aromatic rings. The smallest absolute Gasteiger partial charge is 0.235 e. The number of carbonyl (C=O) groups excluding carboxylic acids is 1. The highest BCUT2D eigenvalue weighted by Gasteiger charge is 2.23. The molecule has 142 valence electrons. The zero-order valence-corrected chi connectivity index (χ0v) is 17.3. The van der Waals surface area contributed by atoms with Crippen LogP contribution >= 0.6 is 23.1 Å². The second kappa shape index (κ2) is 7.78. The molecule has 0 radical (unpaired) electrons. The lowest BCUT2D eigenvalue weighted by atomic mass is 10.1. The number of aryl methyl sites for hydroxylation is 2. The third-order valence-electron chi connectivity index (χ3n) is 4.76. The molecular formula is C20H19N5OS2. The van der Waals surface area contributed by atoms with Gasteiger partial charge in [0.05, 0.1) is 11.3 Å². The minimum Gasteiger partial charge on any atom is -0.316 e. The van der Waals surface area contributed by atoms with Gasteiger partial charge in [0, 0.05) is 17.5 Å². The predicted octanol–water partition coefficient (Wildman–Crippen LogP) is 3.94. The molecule has 4 rings (SSSR count). The molecule has 28 heavy (non-hydrogen) atoms. The molecule has 0 aliphatic heterocycles. The summed E-state index contributed by atoms with van der Waals surface area (Å²) in [6.07, 6.45) is 3.02. The van der Waals surface area contributed by atoms with Gasteiger partial charge < -0.3 is 9.88 Å². The molecule has 1 aliphatic rings. The van der Waals surface area contributed by atoms with Gasteiger partial charge in [0.2, 0.25) is 5.91 Å². The van der Waals surface area contributed by atoms with E-state index in [1.165, 1.54) is 33.5 Å². The van der Waals surface area contributed by atoms with Crippen molar-refractivity contribution in [2.24, 2.45) is 7.05 Å². The summed E-state index contributed by atoms with van der Waals surface area (Å²) in [6, 6.07) is 10.4. The number of benzene rings is 1. The molecule has 0 unspecified atom stereocenters. The minimum absolute atomic E-state index is 0.138. The number of nitrogens with zero attached hydrogens (tertiary/aromatic N) is 4. The van der Waals surface area contributed by atoms with Crippen LogP contribution in [0.25, 0.3) is 11.4 Å². The van der Waals surface area contributed by atoms with E-state index in [1.54, 1.807) is 0 Å². The van der Waals surface area contributed by atoms with E-state index in [9.17, 15) is 10.1 Å². The molecular weight excluding hydrogens is 390 g/mol. The summed E-state index contributed by atoms with van der Waals surface area (Å²) >= 11 is 2.87. The van der Waals surface area contributed by atoms with Gasteiger partial charge in [-0.15, -0.1) is 21.5 Å². The standard InChI is InChI=1S/C20H19N5OS2/c1-12-6-8-13(9-7-12)18-23-24-20(25(18)2)27-11-17(26)22-19-15(10-21)14-4-3-5-16(14)28-19/h6-9H,3-5,11H2,1-2H3,(H,22,26). The molecule has 2 heterocycles. The second-order valence-corrected chi connectivity index (χ2v) is 8.79. The van der Waals surface area contributed by atoms with Crippen molar-refractivity contribution in [1.29, 1.82) is 5.26 Å². The van der Waals surface area contributed by atoms with Gasteiger partial charge >= 0.3 is 0 Å². The topological polar surface area (TPSA) is 83.6 Å². The Morgan fingerprint density at radius 2 is 2.11 bits per heavy atom. The van der Waals surface area contributed by atoms with E-state index in [-0.39, 0.29) is 11.7 Å². The Morgan fingerprint density at radius 3 is 2.86 bits per heavy atom. The lowest BCUT2D eigenvalue weighted by Crippen LogP contribution is -2.14. The number of hydrogen-bond acceptors (Lipinski definition) is 6. The van der Waals surface area contributed by atoms with Gasteiger partial charge in [0.1, 0.15) is 11.1 Å². The van der Waals surface area contributed by atoms with Gasteiger partial charge in [-0.25, -0.2) is 0 Å².